The Kier molecular flexibility index (Phi) is 11.1. The van der Waals surface area contributed by atoms with E-state index in [1.165, 1.54) is 11.1 Å². The van der Waals surface area contributed by atoms with Gasteiger partial charge in [0.25, 0.3) is 0 Å². The third-order valence-electron chi connectivity index (χ3n) is 4.81. The molecule has 0 saturated heterocycles. The summed E-state index contributed by atoms with van der Waals surface area (Å²) in [6.07, 6.45) is 1.69. The Hall–Kier alpha value is -3.32. The standard InChI is InChI=1S/C14H12O.C7H9BO2.C7H5BrO/c1-11-2-6-13(7-3-11)14-8-4-12(10-15)5-9-14;1-6-2-4-7(5-3-6)8(9)10;8-7-3-1-6(5-9)2-4-7/h2-10H,1H3;2-5,9-10H,1H3;1-5H. The lowest BCUT2D eigenvalue weighted by Gasteiger charge is -2.02. The monoisotopic (exact) mass is 516 g/mol. The minimum absolute atomic E-state index is 0.533. The molecule has 4 nitrogen and oxygen atoms in total. The molecule has 0 amide bonds. The molecule has 0 fully saturated rings. The predicted octanol–water partition coefficient (Wildman–Crippen LogP) is 5.41. The van der Waals surface area contributed by atoms with E-state index in [1.54, 1.807) is 24.3 Å². The fourth-order valence-electron chi connectivity index (χ4n) is 2.78. The second kappa shape index (κ2) is 14.1. The zero-order valence-corrected chi connectivity index (χ0v) is 20.6. The van der Waals surface area contributed by atoms with E-state index in [0.717, 1.165) is 28.2 Å². The molecule has 4 rings (SSSR count). The van der Waals surface area contributed by atoms with Crippen molar-refractivity contribution in [1.29, 1.82) is 0 Å². The number of benzene rings is 4. The Morgan fingerprint density at radius 2 is 0.941 bits per heavy atom. The van der Waals surface area contributed by atoms with Crippen LogP contribution in [0.1, 0.15) is 31.8 Å². The van der Waals surface area contributed by atoms with Gasteiger partial charge in [0.05, 0.1) is 0 Å². The quantitative estimate of drug-likeness (QED) is 0.281. The molecule has 0 unspecified atom stereocenters. The number of rotatable bonds is 4. The summed E-state index contributed by atoms with van der Waals surface area (Å²) in [4.78, 5) is 20.6. The van der Waals surface area contributed by atoms with Crippen LogP contribution in [0.2, 0.25) is 0 Å². The molecule has 4 aromatic rings. The first-order valence-electron chi connectivity index (χ1n) is 10.6. The molecular formula is C28H26BBrO4. The minimum Gasteiger partial charge on any atom is -0.423 e. The summed E-state index contributed by atoms with van der Waals surface area (Å²) in [5.74, 6) is 0. The van der Waals surface area contributed by atoms with Gasteiger partial charge >= 0.3 is 7.12 Å². The van der Waals surface area contributed by atoms with Gasteiger partial charge in [-0.05, 0) is 42.6 Å². The third kappa shape index (κ3) is 9.28. The molecule has 0 aromatic heterocycles. The highest BCUT2D eigenvalue weighted by molar-refractivity contribution is 9.10. The first-order chi connectivity index (χ1) is 16.3. The summed E-state index contributed by atoms with van der Waals surface area (Å²) in [5.41, 5.74) is 6.64. The van der Waals surface area contributed by atoms with E-state index in [9.17, 15) is 9.59 Å². The average Bonchev–Trinajstić information content (AvgIpc) is 2.86. The maximum Gasteiger partial charge on any atom is 0.488 e. The van der Waals surface area contributed by atoms with Gasteiger partial charge in [0.15, 0.2) is 0 Å². The van der Waals surface area contributed by atoms with E-state index in [0.29, 0.717) is 16.6 Å². The highest BCUT2D eigenvalue weighted by Crippen LogP contribution is 2.19. The van der Waals surface area contributed by atoms with Gasteiger partial charge in [0.2, 0.25) is 0 Å². The molecule has 0 radical (unpaired) electrons. The Morgan fingerprint density at radius 3 is 1.32 bits per heavy atom. The second-order valence-corrected chi connectivity index (χ2v) is 8.48. The van der Waals surface area contributed by atoms with Crippen LogP contribution in [0, 0.1) is 13.8 Å². The molecular weight excluding hydrogens is 491 g/mol. The molecule has 6 heteroatoms. The fourth-order valence-corrected chi connectivity index (χ4v) is 3.04. The molecule has 0 saturated carbocycles. The maximum absolute atomic E-state index is 10.5. The van der Waals surface area contributed by atoms with Crippen LogP contribution in [0.3, 0.4) is 0 Å². The normalized spacial score (nSPS) is 9.56. The van der Waals surface area contributed by atoms with Crippen molar-refractivity contribution in [2.45, 2.75) is 13.8 Å². The maximum atomic E-state index is 10.5. The van der Waals surface area contributed by atoms with E-state index in [-0.39, 0.29) is 0 Å². The molecule has 2 N–H and O–H groups in total. The van der Waals surface area contributed by atoms with Crippen LogP contribution in [0.15, 0.2) is 102 Å². The van der Waals surface area contributed by atoms with Gasteiger partial charge in [-0.25, -0.2) is 0 Å². The molecule has 172 valence electrons. The van der Waals surface area contributed by atoms with Crippen LogP contribution in [0.5, 0.6) is 0 Å². The van der Waals surface area contributed by atoms with Crippen molar-refractivity contribution in [2.24, 2.45) is 0 Å². The zero-order chi connectivity index (χ0) is 24.9. The Balaban J connectivity index is 0.000000189. The smallest absolute Gasteiger partial charge is 0.423 e. The van der Waals surface area contributed by atoms with E-state index < -0.39 is 7.12 Å². The van der Waals surface area contributed by atoms with Crippen LogP contribution in [-0.2, 0) is 0 Å². The van der Waals surface area contributed by atoms with Crippen LogP contribution >= 0.6 is 15.9 Å². The van der Waals surface area contributed by atoms with Gasteiger partial charge in [0, 0.05) is 15.6 Å². The summed E-state index contributed by atoms with van der Waals surface area (Å²) >= 11 is 3.26. The van der Waals surface area contributed by atoms with Crippen LogP contribution in [0.4, 0.5) is 0 Å². The summed E-state index contributed by atoms with van der Waals surface area (Å²) in [5, 5.41) is 17.3. The van der Waals surface area contributed by atoms with Crippen molar-refractivity contribution in [3.63, 3.8) is 0 Å². The lowest BCUT2D eigenvalue weighted by atomic mass is 9.80. The first kappa shape index (κ1) is 26.9. The van der Waals surface area contributed by atoms with Gasteiger partial charge < -0.3 is 10.0 Å². The highest BCUT2D eigenvalue weighted by atomic mass is 79.9. The van der Waals surface area contributed by atoms with E-state index >= 15 is 0 Å². The number of hydrogen-bond acceptors (Lipinski definition) is 4. The van der Waals surface area contributed by atoms with Gasteiger partial charge in [-0.15, -0.1) is 0 Å². The van der Waals surface area contributed by atoms with Gasteiger partial charge in [-0.1, -0.05) is 112 Å². The lowest BCUT2D eigenvalue weighted by molar-refractivity contribution is 0.111. The van der Waals surface area contributed by atoms with Gasteiger partial charge in [-0.2, -0.15) is 0 Å². The summed E-state index contributed by atoms with van der Waals surface area (Å²) in [6.45, 7) is 4.02. The first-order valence-corrected chi connectivity index (χ1v) is 11.4. The fraction of sp³-hybridized carbons (Fsp3) is 0.0714. The van der Waals surface area contributed by atoms with E-state index in [1.807, 2.05) is 55.5 Å². The number of aldehydes is 2. The lowest BCUT2D eigenvalue weighted by Crippen LogP contribution is -2.29. The zero-order valence-electron chi connectivity index (χ0n) is 19.1. The van der Waals surface area contributed by atoms with Crippen molar-refractivity contribution in [3.05, 3.63) is 124 Å². The third-order valence-corrected chi connectivity index (χ3v) is 5.34. The molecule has 0 bridgehead atoms. The number of carbonyl (C=O) groups is 2. The van der Waals surface area contributed by atoms with Crippen LogP contribution in [-0.4, -0.2) is 29.7 Å². The number of hydrogen-bond donors (Lipinski definition) is 2. The topological polar surface area (TPSA) is 74.6 Å². The SMILES string of the molecule is Cc1ccc(-c2ccc(C=O)cc2)cc1.Cc1ccc(B(O)O)cc1.O=Cc1ccc(Br)cc1. The van der Waals surface area contributed by atoms with E-state index in [4.69, 9.17) is 10.0 Å². The van der Waals surface area contributed by atoms with Crippen molar-refractivity contribution in [2.75, 3.05) is 0 Å². The number of carbonyl (C=O) groups excluding carboxylic acids is 2. The Labute approximate surface area is 209 Å². The Bertz CT molecular complexity index is 1160. The van der Waals surface area contributed by atoms with Crippen LogP contribution in [0.25, 0.3) is 11.1 Å². The van der Waals surface area contributed by atoms with Crippen molar-refractivity contribution in [3.8, 4) is 11.1 Å². The molecule has 0 heterocycles. The van der Waals surface area contributed by atoms with Crippen molar-refractivity contribution < 1.29 is 19.6 Å². The molecule has 0 aliphatic heterocycles. The molecule has 0 spiro atoms. The van der Waals surface area contributed by atoms with E-state index in [2.05, 4.69) is 47.1 Å². The number of halogens is 1. The highest BCUT2D eigenvalue weighted by Gasteiger charge is 2.08. The van der Waals surface area contributed by atoms with Crippen molar-refractivity contribution >= 4 is 41.1 Å². The largest absolute Gasteiger partial charge is 0.488 e. The molecule has 0 aliphatic carbocycles. The molecule has 4 aromatic carbocycles. The summed E-state index contributed by atoms with van der Waals surface area (Å²) in [6, 6.07) is 30.2. The Morgan fingerprint density at radius 1 is 0.588 bits per heavy atom. The molecule has 0 atom stereocenters. The molecule has 0 aliphatic rings. The van der Waals surface area contributed by atoms with Crippen molar-refractivity contribution in [1.82, 2.24) is 0 Å². The predicted molar refractivity (Wildman–Crippen MR) is 143 cm³/mol. The van der Waals surface area contributed by atoms with Gasteiger partial charge in [-0.3, -0.25) is 9.59 Å². The summed E-state index contributed by atoms with van der Waals surface area (Å²) < 4.78 is 0.994. The second-order valence-electron chi connectivity index (χ2n) is 7.56. The van der Waals surface area contributed by atoms with Crippen LogP contribution < -0.4 is 5.46 Å². The van der Waals surface area contributed by atoms with Gasteiger partial charge in [0.1, 0.15) is 12.6 Å². The molecule has 34 heavy (non-hydrogen) atoms. The average molecular weight is 517 g/mol. The minimum atomic E-state index is -1.35. The summed E-state index contributed by atoms with van der Waals surface area (Å²) in [7, 11) is -1.35. The number of aryl methyl sites for hydroxylation is 2.